The molecule has 1 aromatic heterocycles. The van der Waals surface area contributed by atoms with Crippen LogP contribution in [0.2, 0.25) is 0 Å². The van der Waals surface area contributed by atoms with Gasteiger partial charge in [-0.3, -0.25) is 9.36 Å². The van der Waals surface area contributed by atoms with Crippen LogP contribution in [0.5, 0.6) is 0 Å². The van der Waals surface area contributed by atoms with Crippen molar-refractivity contribution >= 4 is 23.4 Å². The molecule has 1 unspecified atom stereocenters. The van der Waals surface area contributed by atoms with E-state index in [-0.39, 0.29) is 11.9 Å². The summed E-state index contributed by atoms with van der Waals surface area (Å²) in [6.45, 7) is 4.19. The van der Waals surface area contributed by atoms with Crippen LogP contribution >= 0.6 is 11.8 Å². The number of carbonyl (C=O) groups excluding carboxylic acids is 1. The quantitative estimate of drug-likeness (QED) is 0.651. The number of imidazole rings is 1. The molecule has 0 saturated heterocycles. The van der Waals surface area contributed by atoms with Crippen molar-refractivity contribution < 1.29 is 4.79 Å². The highest BCUT2D eigenvalue weighted by atomic mass is 32.2. The second kappa shape index (κ2) is 7.00. The zero-order valence-electron chi connectivity index (χ0n) is 14.9. The van der Waals surface area contributed by atoms with Gasteiger partial charge in [0.2, 0.25) is 5.91 Å². The van der Waals surface area contributed by atoms with Gasteiger partial charge in [-0.1, -0.05) is 48.2 Å². The predicted octanol–water partition coefficient (Wildman–Crippen LogP) is 4.25. The fraction of sp³-hybridized carbons (Fsp3) is 0.238. The van der Waals surface area contributed by atoms with Gasteiger partial charge in [0.25, 0.3) is 0 Å². The van der Waals surface area contributed by atoms with Gasteiger partial charge in [0.1, 0.15) is 0 Å². The lowest BCUT2D eigenvalue weighted by molar-refractivity contribution is -0.116. The molecule has 1 aliphatic heterocycles. The van der Waals surface area contributed by atoms with Crippen LogP contribution in [0.1, 0.15) is 18.1 Å². The molecular weight excluding hydrogens is 342 g/mol. The van der Waals surface area contributed by atoms with Crippen LogP contribution in [0.3, 0.4) is 0 Å². The van der Waals surface area contributed by atoms with Crippen molar-refractivity contribution in [1.82, 2.24) is 9.55 Å². The van der Waals surface area contributed by atoms with Crippen LogP contribution in [-0.4, -0.2) is 27.3 Å². The molecule has 1 amide bonds. The predicted molar refractivity (Wildman–Crippen MR) is 106 cm³/mol. The summed E-state index contributed by atoms with van der Waals surface area (Å²) in [7, 11) is 0. The van der Waals surface area contributed by atoms with Gasteiger partial charge in [-0.05, 0) is 43.5 Å². The molecule has 4 rings (SSSR count). The van der Waals surface area contributed by atoms with E-state index >= 15 is 0 Å². The van der Waals surface area contributed by atoms with Crippen molar-refractivity contribution in [2.45, 2.75) is 31.5 Å². The minimum absolute atomic E-state index is 0.131. The van der Waals surface area contributed by atoms with E-state index in [9.17, 15) is 4.79 Å². The van der Waals surface area contributed by atoms with Gasteiger partial charge < -0.3 is 4.90 Å². The first-order chi connectivity index (χ1) is 12.6. The third-order valence-corrected chi connectivity index (χ3v) is 5.73. The van der Waals surface area contributed by atoms with Crippen LogP contribution in [-0.2, 0) is 11.2 Å². The molecule has 0 N–H and O–H groups in total. The van der Waals surface area contributed by atoms with Gasteiger partial charge in [0, 0.05) is 24.1 Å². The number of nitrogens with zero attached hydrogens (tertiary/aromatic N) is 3. The Kier molecular flexibility index (Phi) is 4.55. The molecular formula is C21H21N3OS. The lowest BCUT2D eigenvalue weighted by Crippen LogP contribution is -2.37. The number of benzene rings is 2. The van der Waals surface area contributed by atoms with E-state index in [0.29, 0.717) is 5.75 Å². The third-order valence-electron chi connectivity index (χ3n) is 4.78. The highest BCUT2D eigenvalue weighted by molar-refractivity contribution is 7.99. The van der Waals surface area contributed by atoms with Crippen molar-refractivity contribution in [1.29, 1.82) is 0 Å². The summed E-state index contributed by atoms with van der Waals surface area (Å²) in [5.74, 6) is 0.508. The molecule has 0 spiro atoms. The van der Waals surface area contributed by atoms with Crippen molar-refractivity contribution in [3.8, 4) is 5.69 Å². The number of hydrogen-bond acceptors (Lipinski definition) is 3. The average molecular weight is 363 g/mol. The maximum absolute atomic E-state index is 12.9. The number of aromatic nitrogens is 2. The van der Waals surface area contributed by atoms with Crippen LogP contribution in [0.4, 0.5) is 5.69 Å². The molecule has 4 nitrogen and oxygen atoms in total. The van der Waals surface area contributed by atoms with Gasteiger partial charge >= 0.3 is 0 Å². The number of aryl methyl sites for hydroxylation is 1. The van der Waals surface area contributed by atoms with Gasteiger partial charge in [-0.25, -0.2) is 4.98 Å². The summed E-state index contributed by atoms with van der Waals surface area (Å²) in [6.07, 6.45) is 4.65. The molecule has 0 fully saturated rings. The Morgan fingerprint density at radius 3 is 2.69 bits per heavy atom. The molecule has 0 aliphatic carbocycles. The topological polar surface area (TPSA) is 38.1 Å². The maximum atomic E-state index is 12.9. The van der Waals surface area contributed by atoms with E-state index in [2.05, 4.69) is 41.6 Å². The zero-order valence-corrected chi connectivity index (χ0v) is 15.7. The SMILES string of the molecule is Cc1ccccc1-n1ccnc1SCC(=O)N1c2ccccc2CC1C. The Bertz CT molecular complexity index is 950. The second-order valence-corrected chi connectivity index (χ2v) is 7.54. The van der Waals surface area contributed by atoms with E-state index in [4.69, 9.17) is 0 Å². The number of anilines is 1. The molecule has 132 valence electrons. The van der Waals surface area contributed by atoms with E-state index in [1.165, 1.54) is 22.9 Å². The Morgan fingerprint density at radius 2 is 1.88 bits per heavy atom. The first-order valence-corrected chi connectivity index (χ1v) is 9.76. The lowest BCUT2D eigenvalue weighted by atomic mass is 10.1. The zero-order chi connectivity index (χ0) is 18.1. The van der Waals surface area contributed by atoms with E-state index in [0.717, 1.165) is 23.0 Å². The van der Waals surface area contributed by atoms with Crippen molar-refractivity contribution in [3.63, 3.8) is 0 Å². The average Bonchev–Trinajstić information content (AvgIpc) is 3.23. The molecule has 0 radical (unpaired) electrons. The molecule has 2 aromatic carbocycles. The summed E-state index contributed by atoms with van der Waals surface area (Å²) in [4.78, 5) is 19.3. The lowest BCUT2D eigenvalue weighted by Gasteiger charge is -2.22. The van der Waals surface area contributed by atoms with E-state index in [1.54, 1.807) is 6.20 Å². The Hall–Kier alpha value is -2.53. The second-order valence-electron chi connectivity index (χ2n) is 6.60. The molecule has 0 bridgehead atoms. The number of amides is 1. The number of carbonyl (C=O) groups is 1. The van der Waals surface area contributed by atoms with Crippen LogP contribution in [0.15, 0.2) is 66.1 Å². The fourth-order valence-electron chi connectivity index (χ4n) is 3.56. The third kappa shape index (κ3) is 3.03. The summed E-state index contributed by atoms with van der Waals surface area (Å²) < 4.78 is 2.05. The normalized spacial score (nSPS) is 15.9. The Balaban J connectivity index is 1.52. The van der Waals surface area contributed by atoms with Gasteiger partial charge in [-0.2, -0.15) is 0 Å². The summed E-state index contributed by atoms with van der Waals surface area (Å²) in [5, 5.41) is 0.841. The van der Waals surface area contributed by atoms with Gasteiger partial charge in [0.05, 0.1) is 11.4 Å². The molecule has 1 atom stereocenters. The van der Waals surface area contributed by atoms with Crippen molar-refractivity contribution in [2.75, 3.05) is 10.7 Å². The Morgan fingerprint density at radius 1 is 1.15 bits per heavy atom. The number of para-hydroxylation sites is 2. The summed E-state index contributed by atoms with van der Waals surface area (Å²) >= 11 is 1.49. The molecule has 26 heavy (non-hydrogen) atoms. The first-order valence-electron chi connectivity index (χ1n) is 8.77. The van der Waals surface area contributed by atoms with Gasteiger partial charge in [0.15, 0.2) is 5.16 Å². The Labute approximate surface area is 157 Å². The van der Waals surface area contributed by atoms with Crippen LogP contribution in [0.25, 0.3) is 5.69 Å². The van der Waals surface area contributed by atoms with Crippen LogP contribution < -0.4 is 4.90 Å². The van der Waals surface area contributed by atoms with Crippen molar-refractivity contribution in [3.05, 3.63) is 72.1 Å². The number of thioether (sulfide) groups is 1. The molecule has 1 aliphatic rings. The fourth-order valence-corrected chi connectivity index (χ4v) is 4.38. The van der Waals surface area contributed by atoms with E-state index < -0.39 is 0 Å². The van der Waals surface area contributed by atoms with Crippen molar-refractivity contribution in [2.24, 2.45) is 0 Å². The highest BCUT2D eigenvalue weighted by Gasteiger charge is 2.30. The largest absolute Gasteiger partial charge is 0.308 e. The van der Waals surface area contributed by atoms with E-state index in [1.807, 2.05) is 41.4 Å². The minimum Gasteiger partial charge on any atom is -0.308 e. The maximum Gasteiger partial charge on any atom is 0.237 e. The number of hydrogen-bond donors (Lipinski definition) is 0. The molecule has 2 heterocycles. The van der Waals surface area contributed by atoms with Gasteiger partial charge in [-0.15, -0.1) is 0 Å². The molecule has 5 heteroatoms. The number of fused-ring (bicyclic) bond motifs is 1. The molecule has 3 aromatic rings. The van der Waals surface area contributed by atoms with Crippen LogP contribution in [0, 0.1) is 6.92 Å². The standard InChI is InChI=1S/C21H21N3OS/c1-15-7-3-5-9-18(15)23-12-11-22-21(23)26-14-20(25)24-16(2)13-17-8-4-6-10-19(17)24/h3-12,16H,13-14H2,1-2H3. The number of rotatable bonds is 4. The first kappa shape index (κ1) is 16.9. The molecule has 0 saturated carbocycles. The monoisotopic (exact) mass is 363 g/mol. The minimum atomic E-state index is 0.131. The summed E-state index contributed by atoms with van der Waals surface area (Å²) in [5.41, 5.74) is 4.58. The summed E-state index contributed by atoms with van der Waals surface area (Å²) in [6, 6.07) is 16.6. The smallest absolute Gasteiger partial charge is 0.237 e. The highest BCUT2D eigenvalue weighted by Crippen LogP contribution is 2.33.